The summed E-state index contributed by atoms with van der Waals surface area (Å²) in [5.74, 6) is 0.196. The van der Waals surface area contributed by atoms with Crippen LogP contribution in [0.5, 0.6) is 5.75 Å². The van der Waals surface area contributed by atoms with Gasteiger partial charge in [0.2, 0.25) is 0 Å². The fourth-order valence-corrected chi connectivity index (χ4v) is 2.81. The molecule has 1 rings (SSSR count). The first-order chi connectivity index (χ1) is 8.59. The van der Waals surface area contributed by atoms with Gasteiger partial charge in [-0.05, 0) is 43.7 Å². The molecule has 0 radical (unpaired) electrons. The molecule has 1 N–H and O–H groups in total. The summed E-state index contributed by atoms with van der Waals surface area (Å²) >= 11 is 5.13. The first-order valence-electron chi connectivity index (χ1n) is 5.50. The highest BCUT2D eigenvalue weighted by molar-refractivity contribution is 8.07. The van der Waals surface area contributed by atoms with E-state index in [4.69, 9.17) is 30.6 Å². The van der Waals surface area contributed by atoms with Crippen LogP contribution in [0.1, 0.15) is 19.4 Å². The average molecular weight is 289 g/mol. The quantitative estimate of drug-likeness (QED) is 0.475. The number of benzene rings is 1. The minimum atomic E-state index is -2.78. The second-order valence-corrected chi connectivity index (χ2v) is 6.11. The van der Waals surface area contributed by atoms with Crippen LogP contribution in [-0.4, -0.2) is 24.5 Å². The van der Waals surface area contributed by atoms with Gasteiger partial charge in [0.1, 0.15) is 5.75 Å². The third-order valence-electron chi connectivity index (χ3n) is 1.82. The molecule has 18 heavy (non-hydrogen) atoms. The summed E-state index contributed by atoms with van der Waals surface area (Å²) in [6.07, 6.45) is 1.48. The molecule has 0 amide bonds. The van der Waals surface area contributed by atoms with Crippen LogP contribution >= 0.6 is 6.72 Å². The van der Waals surface area contributed by atoms with Crippen LogP contribution in [0.4, 0.5) is 0 Å². The molecule has 1 aromatic carbocycles. The Balaban J connectivity index is 2.61. The van der Waals surface area contributed by atoms with Crippen LogP contribution in [0.25, 0.3) is 0 Å². The zero-order valence-electron chi connectivity index (χ0n) is 10.3. The van der Waals surface area contributed by atoms with Gasteiger partial charge in [0.05, 0.1) is 19.4 Å². The number of nitrogens with zero attached hydrogens (tertiary/aromatic N) is 1. The Morgan fingerprint density at radius 1 is 1.22 bits per heavy atom. The lowest BCUT2D eigenvalue weighted by molar-refractivity contribution is 0.172. The van der Waals surface area contributed by atoms with Gasteiger partial charge in [-0.25, -0.2) is 0 Å². The van der Waals surface area contributed by atoms with Gasteiger partial charge in [0.15, 0.2) is 0 Å². The Hall–Kier alpha value is -0.940. The van der Waals surface area contributed by atoms with E-state index in [1.54, 1.807) is 24.3 Å². The Morgan fingerprint density at radius 2 is 1.78 bits per heavy atom. The zero-order valence-corrected chi connectivity index (χ0v) is 12.0. The summed E-state index contributed by atoms with van der Waals surface area (Å²) < 4.78 is 15.6. The molecule has 1 aromatic rings. The summed E-state index contributed by atoms with van der Waals surface area (Å²) in [5, 5.41) is 12.9. The van der Waals surface area contributed by atoms with Gasteiger partial charge < -0.3 is 9.73 Å². The maximum Gasteiger partial charge on any atom is 0.402 e. The molecule has 0 aliphatic heterocycles. The molecule has 0 aliphatic carbocycles. The van der Waals surface area contributed by atoms with E-state index in [0.29, 0.717) is 13.2 Å². The number of phenolic OH excluding ortho intramolecular Hbond substituents is 1. The second-order valence-electron chi connectivity index (χ2n) is 3.19. The molecule has 0 heterocycles. The Labute approximate surface area is 112 Å². The number of oxime groups is 1. The van der Waals surface area contributed by atoms with Crippen LogP contribution in [0.2, 0.25) is 0 Å². The molecule has 0 saturated heterocycles. The normalized spacial score (nSPS) is 11.9. The molecular weight excluding hydrogens is 273 g/mol. The number of hydrogen-bond donors (Lipinski definition) is 1. The first kappa shape index (κ1) is 15.1. The number of hydrogen-bond acceptors (Lipinski definition) is 6. The van der Waals surface area contributed by atoms with Crippen molar-refractivity contribution in [2.45, 2.75) is 13.8 Å². The molecule has 0 aliphatic rings. The predicted octanol–water partition coefficient (Wildman–Crippen LogP) is 3.04. The van der Waals surface area contributed by atoms with Gasteiger partial charge in [0.25, 0.3) is 0 Å². The van der Waals surface area contributed by atoms with Gasteiger partial charge >= 0.3 is 6.72 Å². The molecule has 100 valence electrons. The van der Waals surface area contributed by atoms with Crippen LogP contribution in [0.15, 0.2) is 29.4 Å². The van der Waals surface area contributed by atoms with E-state index in [9.17, 15) is 0 Å². The van der Waals surface area contributed by atoms with Crippen molar-refractivity contribution in [1.29, 1.82) is 0 Å². The molecule has 5 nitrogen and oxygen atoms in total. The van der Waals surface area contributed by atoms with Crippen LogP contribution in [0, 0.1) is 0 Å². The largest absolute Gasteiger partial charge is 0.508 e. The van der Waals surface area contributed by atoms with Crippen LogP contribution in [-0.2, 0) is 25.5 Å². The van der Waals surface area contributed by atoms with Crippen molar-refractivity contribution < 1.29 is 18.8 Å². The van der Waals surface area contributed by atoms with Crippen molar-refractivity contribution in [1.82, 2.24) is 0 Å². The maximum atomic E-state index is 9.12. The van der Waals surface area contributed by atoms with E-state index in [0.717, 1.165) is 5.56 Å². The number of rotatable bonds is 7. The van der Waals surface area contributed by atoms with E-state index in [1.165, 1.54) is 6.21 Å². The van der Waals surface area contributed by atoms with Crippen molar-refractivity contribution in [3.05, 3.63) is 29.8 Å². The lowest BCUT2D eigenvalue weighted by Gasteiger charge is -2.16. The number of aromatic hydroxyl groups is 1. The fraction of sp³-hybridized carbons (Fsp3) is 0.364. The van der Waals surface area contributed by atoms with Crippen molar-refractivity contribution in [3.8, 4) is 5.75 Å². The molecule has 0 bridgehead atoms. The molecule has 0 unspecified atom stereocenters. The Bertz CT molecular complexity index is 425. The second kappa shape index (κ2) is 7.48. The lowest BCUT2D eigenvalue weighted by Crippen LogP contribution is -1.96. The smallest absolute Gasteiger partial charge is 0.402 e. The standard InChI is InChI=1S/C11H16NO4PS/c1-3-14-17(18,15-4-2)16-12-9-10-5-7-11(13)8-6-10/h5-9,13H,3-4H2,1-2H3/b12-9+. The molecule has 0 saturated carbocycles. The number of phenols is 1. The molecular formula is C11H16NO4PS. The summed E-state index contributed by atoms with van der Waals surface area (Å²) in [6.45, 7) is 1.66. The summed E-state index contributed by atoms with van der Waals surface area (Å²) in [4.78, 5) is 0. The highest BCUT2D eigenvalue weighted by Gasteiger charge is 2.20. The van der Waals surface area contributed by atoms with E-state index in [2.05, 4.69) is 5.16 Å². The van der Waals surface area contributed by atoms with Crippen LogP contribution < -0.4 is 0 Å². The minimum absolute atomic E-state index is 0.196. The van der Waals surface area contributed by atoms with Crippen molar-refractivity contribution in [2.24, 2.45) is 5.16 Å². The average Bonchev–Trinajstić information content (AvgIpc) is 2.32. The summed E-state index contributed by atoms with van der Waals surface area (Å²) in [5.41, 5.74) is 0.780. The monoisotopic (exact) mass is 289 g/mol. The van der Waals surface area contributed by atoms with Gasteiger partial charge in [-0.2, -0.15) is 0 Å². The van der Waals surface area contributed by atoms with Gasteiger partial charge in [0, 0.05) is 11.8 Å². The predicted molar refractivity (Wildman–Crippen MR) is 74.3 cm³/mol. The van der Waals surface area contributed by atoms with Crippen molar-refractivity contribution in [3.63, 3.8) is 0 Å². The van der Waals surface area contributed by atoms with Gasteiger partial charge in [-0.3, -0.25) is 9.05 Å². The minimum Gasteiger partial charge on any atom is -0.508 e. The van der Waals surface area contributed by atoms with E-state index < -0.39 is 6.72 Å². The van der Waals surface area contributed by atoms with Crippen molar-refractivity contribution >= 4 is 24.7 Å². The highest BCUT2D eigenvalue weighted by Crippen LogP contribution is 2.49. The molecule has 0 atom stereocenters. The van der Waals surface area contributed by atoms with E-state index in [1.807, 2.05) is 13.8 Å². The molecule has 0 spiro atoms. The van der Waals surface area contributed by atoms with Gasteiger partial charge in [-0.15, -0.1) is 0 Å². The van der Waals surface area contributed by atoms with E-state index >= 15 is 0 Å². The third-order valence-corrected chi connectivity index (χ3v) is 4.09. The molecule has 7 heteroatoms. The summed E-state index contributed by atoms with van der Waals surface area (Å²) in [6, 6.07) is 6.52. The zero-order chi connectivity index (χ0) is 13.4. The van der Waals surface area contributed by atoms with Crippen LogP contribution in [0.3, 0.4) is 0 Å². The Kier molecular flexibility index (Phi) is 6.29. The molecule has 0 aromatic heterocycles. The lowest BCUT2D eigenvalue weighted by atomic mass is 10.2. The fourth-order valence-electron chi connectivity index (χ4n) is 1.10. The van der Waals surface area contributed by atoms with E-state index in [-0.39, 0.29) is 5.75 Å². The topological polar surface area (TPSA) is 60.3 Å². The first-order valence-corrected chi connectivity index (χ1v) is 8.05. The third kappa shape index (κ3) is 5.14. The van der Waals surface area contributed by atoms with Crippen molar-refractivity contribution in [2.75, 3.05) is 13.2 Å². The summed E-state index contributed by atoms with van der Waals surface area (Å²) in [7, 11) is 0. The SMILES string of the molecule is CCOP(=S)(OCC)O/N=C/c1ccc(O)cc1. The molecule has 0 fully saturated rings. The highest BCUT2D eigenvalue weighted by atomic mass is 32.5. The van der Waals surface area contributed by atoms with Gasteiger partial charge in [-0.1, -0.05) is 5.16 Å². The maximum absolute atomic E-state index is 9.12. The Morgan fingerprint density at radius 3 is 2.28 bits per heavy atom.